The second-order valence-corrected chi connectivity index (χ2v) is 6.63. The number of nitrogens with zero attached hydrogens (tertiary/aromatic N) is 1. The van der Waals surface area contributed by atoms with Gasteiger partial charge in [0.05, 0.1) is 11.1 Å². The van der Waals surface area contributed by atoms with Crippen LogP contribution >= 0.6 is 34.5 Å². The largest absolute Gasteiger partial charge is 0.329 e. The van der Waals surface area contributed by atoms with E-state index in [0.29, 0.717) is 6.54 Å². The van der Waals surface area contributed by atoms with Crippen molar-refractivity contribution in [3.05, 3.63) is 56.2 Å². The standard InChI is InChI=1S/C15H18Cl2N2S/c1-10(11-4-3-5-12(16)6-11)19(2)14(8-18)15-7-13(17)9-20-15/h3-7,9-10,14H,8,18H2,1-2H3. The number of hydrogen-bond donors (Lipinski definition) is 1. The summed E-state index contributed by atoms with van der Waals surface area (Å²) in [5.41, 5.74) is 7.14. The van der Waals surface area contributed by atoms with Crippen LogP contribution in [-0.2, 0) is 0 Å². The number of nitrogens with two attached hydrogens (primary N) is 1. The van der Waals surface area contributed by atoms with Gasteiger partial charge in [0.1, 0.15) is 0 Å². The highest BCUT2D eigenvalue weighted by Gasteiger charge is 2.22. The predicted molar refractivity (Wildman–Crippen MR) is 88.8 cm³/mol. The number of thiophene rings is 1. The molecule has 0 radical (unpaired) electrons. The normalized spacial score (nSPS) is 14.5. The molecule has 20 heavy (non-hydrogen) atoms. The number of benzene rings is 1. The van der Waals surface area contributed by atoms with Gasteiger partial charge in [-0.25, -0.2) is 0 Å². The minimum atomic E-state index is 0.154. The first-order chi connectivity index (χ1) is 9.52. The molecule has 5 heteroatoms. The molecule has 0 spiro atoms. The molecule has 2 atom stereocenters. The topological polar surface area (TPSA) is 29.3 Å². The SMILES string of the molecule is CC(c1cccc(Cl)c1)N(C)C(CN)c1cc(Cl)cs1. The Morgan fingerprint density at radius 3 is 2.55 bits per heavy atom. The Balaban J connectivity index is 2.22. The van der Waals surface area contributed by atoms with E-state index in [4.69, 9.17) is 28.9 Å². The average molecular weight is 329 g/mol. The summed E-state index contributed by atoms with van der Waals surface area (Å²) in [4.78, 5) is 3.45. The first kappa shape index (κ1) is 15.8. The lowest BCUT2D eigenvalue weighted by Crippen LogP contribution is -2.32. The second-order valence-electron chi connectivity index (χ2n) is 4.82. The van der Waals surface area contributed by atoms with Crippen molar-refractivity contribution in [1.29, 1.82) is 0 Å². The molecule has 0 saturated carbocycles. The van der Waals surface area contributed by atoms with Crippen molar-refractivity contribution in [1.82, 2.24) is 4.90 Å². The Hall–Kier alpha value is -0.580. The molecule has 2 unspecified atom stereocenters. The van der Waals surface area contributed by atoms with Crippen molar-refractivity contribution in [3.8, 4) is 0 Å². The van der Waals surface area contributed by atoms with Crippen LogP contribution < -0.4 is 5.73 Å². The molecule has 0 bridgehead atoms. The molecule has 108 valence electrons. The van der Waals surface area contributed by atoms with E-state index in [0.717, 1.165) is 10.0 Å². The highest BCUT2D eigenvalue weighted by atomic mass is 35.5. The van der Waals surface area contributed by atoms with Crippen LogP contribution in [0.3, 0.4) is 0 Å². The van der Waals surface area contributed by atoms with E-state index in [2.05, 4.69) is 24.9 Å². The molecule has 0 aliphatic rings. The smallest absolute Gasteiger partial charge is 0.0567 e. The van der Waals surface area contributed by atoms with Crippen LogP contribution in [-0.4, -0.2) is 18.5 Å². The molecule has 0 saturated heterocycles. The second kappa shape index (κ2) is 6.92. The Morgan fingerprint density at radius 1 is 1.25 bits per heavy atom. The Morgan fingerprint density at radius 2 is 2.00 bits per heavy atom. The Bertz CT molecular complexity index is 571. The van der Waals surface area contributed by atoms with Crippen LogP contribution in [0.1, 0.15) is 29.4 Å². The van der Waals surface area contributed by atoms with Gasteiger partial charge in [0, 0.05) is 27.9 Å². The number of halogens is 2. The van der Waals surface area contributed by atoms with Crippen LogP contribution in [0.2, 0.25) is 10.0 Å². The van der Waals surface area contributed by atoms with Gasteiger partial charge in [-0.05, 0) is 37.7 Å². The average Bonchev–Trinajstić information content (AvgIpc) is 2.85. The van der Waals surface area contributed by atoms with Gasteiger partial charge < -0.3 is 5.73 Å². The summed E-state index contributed by atoms with van der Waals surface area (Å²) in [5, 5.41) is 3.47. The van der Waals surface area contributed by atoms with Crippen LogP contribution in [0.15, 0.2) is 35.7 Å². The highest BCUT2D eigenvalue weighted by molar-refractivity contribution is 7.10. The molecule has 2 rings (SSSR count). The van der Waals surface area contributed by atoms with Crippen molar-refractivity contribution in [2.45, 2.75) is 19.0 Å². The van der Waals surface area contributed by atoms with E-state index in [-0.39, 0.29) is 12.1 Å². The number of hydrogen-bond acceptors (Lipinski definition) is 3. The molecule has 2 nitrogen and oxygen atoms in total. The quantitative estimate of drug-likeness (QED) is 0.858. The molecule has 1 aromatic heterocycles. The van der Waals surface area contributed by atoms with Gasteiger partial charge in [-0.2, -0.15) is 0 Å². The molecular weight excluding hydrogens is 311 g/mol. The van der Waals surface area contributed by atoms with Gasteiger partial charge in [-0.3, -0.25) is 4.90 Å². The lowest BCUT2D eigenvalue weighted by atomic mass is 10.0. The van der Waals surface area contributed by atoms with Gasteiger partial charge >= 0.3 is 0 Å². The van der Waals surface area contributed by atoms with Crippen LogP contribution in [0, 0.1) is 0 Å². The van der Waals surface area contributed by atoms with Gasteiger partial charge in [0.25, 0.3) is 0 Å². The first-order valence-corrected chi connectivity index (χ1v) is 8.08. The van der Waals surface area contributed by atoms with E-state index in [1.807, 2.05) is 29.6 Å². The minimum absolute atomic E-state index is 0.154. The fourth-order valence-electron chi connectivity index (χ4n) is 2.26. The highest BCUT2D eigenvalue weighted by Crippen LogP contribution is 2.33. The summed E-state index contributed by atoms with van der Waals surface area (Å²) in [6.07, 6.45) is 0. The maximum Gasteiger partial charge on any atom is 0.0567 e. The summed E-state index contributed by atoms with van der Waals surface area (Å²) < 4.78 is 0. The van der Waals surface area contributed by atoms with Gasteiger partial charge in [0.2, 0.25) is 0 Å². The zero-order chi connectivity index (χ0) is 14.7. The maximum absolute atomic E-state index is 6.07. The maximum atomic E-state index is 6.07. The minimum Gasteiger partial charge on any atom is -0.329 e. The summed E-state index contributed by atoms with van der Waals surface area (Å²) >= 11 is 13.7. The van der Waals surface area contributed by atoms with Crippen molar-refractivity contribution in [2.75, 3.05) is 13.6 Å². The monoisotopic (exact) mass is 328 g/mol. The third-order valence-electron chi connectivity index (χ3n) is 3.57. The van der Waals surface area contributed by atoms with Gasteiger partial charge in [-0.15, -0.1) is 11.3 Å². The number of likely N-dealkylation sites (N-methyl/N-ethyl adjacent to an activating group) is 1. The van der Waals surface area contributed by atoms with E-state index in [1.54, 1.807) is 11.3 Å². The van der Waals surface area contributed by atoms with Crippen LogP contribution in [0.25, 0.3) is 0 Å². The van der Waals surface area contributed by atoms with Crippen molar-refractivity contribution in [3.63, 3.8) is 0 Å². The first-order valence-electron chi connectivity index (χ1n) is 6.44. The molecule has 1 heterocycles. The summed E-state index contributed by atoms with van der Waals surface area (Å²) in [6, 6.07) is 10.3. The van der Waals surface area contributed by atoms with Gasteiger partial charge in [0.15, 0.2) is 0 Å². The number of rotatable bonds is 5. The van der Waals surface area contributed by atoms with E-state index in [1.165, 1.54) is 10.4 Å². The molecule has 0 fully saturated rings. The molecular formula is C15H18Cl2N2S. The Kier molecular flexibility index (Phi) is 5.47. The van der Waals surface area contributed by atoms with Crippen molar-refractivity contribution < 1.29 is 0 Å². The van der Waals surface area contributed by atoms with E-state index in [9.17, 15) is 0 Å². The summed E-state index contributed by atoms with van der Waals surface area (Å²) in [6.45, 7) is 2.71. The summed E-state index contributed by atoms with van der Waals surface area (Å²) in [5.74, 6) is 0. The fourth-order valence-corrected chi connectivity index (χ4v) is 3.70. The zero-order valence-electron chi connectivity index (χ0n) is 11.5. The summed E-state index contributed by atoms with van der Waals surface area (Å²) in [7, 11) is 2.08. The molecule has 0 aliphatic carbocycles. The fraction of sp³-hybridized carbons (Fsp3) is 0.333. The third kappa shape index (κ3) is 3.54. The van der Waals surface area contributed by atoms with Crippen molar-refractivity contribution in [2.24, 2.45) is 5.73 Å². The molecule has 1 aromatic carbocycles. The zero-order valence-corrected chi connectivity index (χ0v) is 13.8. The van der Waals surface area contributed by atoms with E-state index >= 15 is 0 Å². The van der Waals surface area contributed by atoms with E-state index < -0.39 is 0 Å². The molecule has 2 N–H and O–H groups in total. The van der Waals surface area contributed by atoms with Crippen LogP contribution in [0.5, 0.6) is 0 Å². The lowest BCUT2D eigenvalue weighted by molar-refractivity contribution is 0.193. The lowest BCUT2D eigenvalue weighted by Gasteiger charge is -2.32. The Labute approximate surface area is 134 Å². The van der Waals surface area contributed by atoms with Crippen molar-refractivity contribution >= 4 is 34.5 Å². The molecule has 0 aliphatic heterocycles. The van der Waals surface area contributed by atoms with Crippen LogP contribution in [0.4, 0.5) is 0 Å². The molecule has 0 amide bonds. The predicted octanol–water partition coefficient (Wildman–Crippen LogP) is 4.75. The molecule has 2 aromatic rings. The third-order valence-corrected chi connectivity index (χ3v) is 5.19. The van der Waals surface area contributed by atoms with Gasteiger partial charge in [-0.1, -0.05) is 35.3 Å².